The summed E-state index contributed by atoms with van der Waals surface area (Å²) in [5.74, 6) is 2.33. The highest BCUT2D eigenvalue weighted by molar-refractivity contribution is 6.09. The van der Waals surface area contributed by atoms with Gasteiger partial charge in [-0.1, -0.05) is 90.1 Å². The predicted octanol–water partition coefficient (Wildman–Crippen LogP) is 10.3. The van der Waals surface area contributed by atoms with Gasteiger partial charge in [-0.15, -0.1) is 0 Å². The molecule has 0 aliphatic heterocycles. The fourth-order valence-electron chi connectivity index (χ4n) is 6.67. The molecule has 7 rings (SSSR count). The number of benzene rings is 4. The smallest absolute Gasteiger partial charge is 0.137 e. The van der Waals surface area contributed by atoms with Crippen molar-refractivity contribution in [3.05, 3.63) is 132 Å². The fraction of sp³-hybridized carbons (Fsp3) is 0.256. The molecular weight excluding hydrogens is 604 g/mol. The molecule has 0 aliphatic rings. The molecule has 4 aromatic carbocycles. The molecule has 0 aliphatic carbocycles. The third kappa shape index (κ3) is 6.13. The van der Waals surface area contributed by atoms with Gasteiger partial charge in [0, 0.05) is 53.1 Å². The quantitative estimate of drug-likeness (QED) is 0.187. The van der Waals surface area contributed by atoms with Crippen LogP contribution >= 0.6 is 0 Å². The molecule has 0 bridgehead atoms. The first-order chi connectivity index (χ1) is 23.4. The van der Waals surface area contributed by atoms with Crippen molar-refractivity contribution in [3.8, 4) is 34.1 Å². The van der Waals surface area contributed by atoms with Gasteiger partial charge in [-0.25, -0.2) is 9.67 Å². The Balaban J connectivity index is 1.40. The van der Waals surface area contributed by atoms with Gasteiger partial charge in [-0.3, -0.25) is 4.57 Å². The van der Waals surface area contributed by atoms with Crippen molar-refractivity contribution in [3.63, 3.8) is 0 Å². The number of hydrogen-bond donors (Lipinski definition) is 1. The highest BCUT2D eigenvalue weighted by Crippen LogP contribution is 2.40. The molecule has 6 nitrogen and oxygen atoms in total. The van der Waals surface area contributed by atoms with E-state index in [2.05, 4.69) is 138 Å². The maximum atomic E-state index is 10.3. The van der Waals surface area contributed by atoms with Crippen LogP contribution in [-0.4, -0.2) is 31.0 Å². The van der Waals surface area contributed by atoms with Gasteiger partial charge in [0.25, 0.3) is 0 Å². The molecule has 0 atom stereocenters. The number of pyridine rings is 1. The Hall–Kier alpha value is -5.20. The van der Waals surface area contributed by atoms with Crippen molar-refractivity contribution in [2.45, 2.75) is 65.7 Å². The van der Waals surface area contributed by atoms with Crippen molar-refractivity contribution >= 4 is 21.8 Å². The van der Waals surface area contributed by atoms with Crippen molar-refractivity contribution in [1.82, 2.24) is 19.3 Å². The van der Waals surface area contributed by atoms with Gasteiger partial charge in [0.15, 0.2) is 0 Å². The van der Waals surface area contributed by atoms with E-state index < -0.39 is 0 Å². The van der Waals surface area contributed by atoms with Crippen LogP contribution in [0, 0.1) is 6.92 Å². The van der Waals surface area contributed by atoms with Crippen LogP contribution in [0.15, 0.2) is 109 Å². The average molecular weight is 649 g/mol. The third-order valence-corrected chi connectivity index (χ3v) is 9.12. The van der Waals surface area contributed by atoms with E-state index in [1.807, 2.05) is 29.1 Å². The molecule has 3 aromatic heterocycles. The van der Waals surface area contributed by atoms with Crippen molar-refractivity contribution in [2.24, 2.45) is 0 Å². The second kappa shape index (κ2) is 12.4. The zero-order valence-electron chi connectivity index (χ0n) is 29.5. The van der Waals surface area contributed by atoms with E-state index >= 15 is 0 Å². The normalized spacial score (nSPS) is 12.2. The summed E-state index contributed by atoms with van der Waals surface area (Å²) in [5.41, 5.74) is 9.09. The first-order valence-electron chi connectivity index (χ1n) is 17.0. The zero-order valence-corrected chi connectivity index (χ0v) is 29.5. The first kappa shape index (κ1) is 32.4. The van der Waals surface area contributed by atoms with Crippen molar-refractivity contribution in [2.75, 3.05) is 6.61 Å². The monoisotopic (exact) mass is 648 g/mol. The summed E-state index contributed by atoms with van der Waals surface area (Å²) in [7, 11) is 0. The maximum Gasteiger partial charge on any atom is 0.137 e. The molecule has 1 N–H and O–H groups in total. The number of ether oxygens (including phenoxy) is 1. The van der Waals surface area contributed by atoms with E-state index in [1.165, 1.54) is 5.39 Å². The van der Waals surface area contributed by atoms with Crippen LogP contribution in [0.3, 0.4) is 0 Å². The lowest BCUT2D eigenvalue weighted by Gasteiger charge is -2.22. The Bertz CT molecular complexity index is 2300. The third-order valence-electron chi connectivity index (χ3n) is 9.12. The Kier molecular flexibility index (Phi) is 8.16. The van der Waals surface area contributed by atoms with Crippen LogP contribution in [0.4, 0.5) is 0 Å². The maximum absolute atomic E-state index is 10.3. The first-order valence-corrected chi connectivity index (χ1v) is 17.0. The van der Waals surface area contributed by atoms with Gasteiger partial charge >= 0.3 is 0 Å². The minimum atomic E-state index is -0.221. The summed E-state index contributed by atoms with van der Waals surface area (Å²) in [6, 6.07) is 35.7. The minimum absolute atomic E-state index is 0.0151. The lowest BCUT2D eigenvalue weighted by Crippen LogP contribution is -2.15. The molecule has 49 heavy (non-hydrogen) atoms. The summed E-state index contributed by atoms with van der Waals surface area (Å²) >= 11 is 0. The van der Waals surface area contributed by atoms with Crippen LogP contribution in [0.25, 0.3) is 44.4 Å². The van der Waals surface area contributed by atoms with E-state index in [9.17, 15) is 5.11 Å². The molecule has 6 heteroatoms. The Labute approximate surface area is 288 Å². The van der Waals surface area contributed by atoms with Crippen molar-refractivity contribution in [1.29, 1.82) is 0 Å². The lowest BCUT2D eigenvalue weighted by atomic mass is 9.86. The average Bonchev–Trinajstić information content (AvgIpc) is 3.61. The van der Waals surface area contributed by atoms with Gasteiger partial charge in [0.1, 0.15) is 17.3 Å². The van der Waals surface area contributed by atoms with Crippen molar-refractivity contribution < 1.29 is 9.84 Å². The Morgan fingerprint density at radius 2 is 1.45 bits per heavy atom. The summed E-state index contributed by atoms with van der Waals surface area (Å²) in [4.78, 5) is 4.75. The molecule has 0 fully saturated rings. The highest BCUT2D eigenvalue weighted by Gasteiger charge is 2.29. The van der Waals surface area contributed by atoms with Crippen LogP contribution < -0.4 is 4.74 Å². The van der Waals surface area contributed by atoms with Gasteiger partial charge in [0.05, 0.1) is 28.1 Å². The number of para-hydroxylation sites is 1. The largest absolute Gasteiger partial charge is 0.457 e. The number of hydrogen-bond acceptors (Lipinski definition) is 4. The molecule has 0 saturated carbocycles. The van der Waals surface area contributed by atoms with E-state index in [0.717, 1.165) is 73.1 Å². The molecule has 0 unspecified atom stereocenters. The van der Waals surface area contributed by atoms with Gasteiger partial charge in [-0.05, 0) is 71.5 Å². The van der Waals surface area contributed by atoms with E-state index in [0.29, 0.717) is 6.42 Å². The summed E-state index contributed by atoms with van der Waals surface area (Å²) in [6.07, 6.45) is 2.33. The Morgan fingerprint density at radius 1 is 0.714 bits per heavy atom. The van der Waals surface area contributed by atoms with E-state index in [4.69, 9.17) is 14.8 Å². The van der Waals surface area contributed by atoms with E-state index in [-0.39, 0.29) is 17.4 Å². The second-order valence-corrected chi connectivity index (χ2v) is 15.0. The number of aliphatic hydroxyl groups is 1. The van der Waals surface area contributed by atoms with E-state index in [1.54, 1.807) is 0 Å². The molecule has 0 radical (unpaired) electrons. The predicted molar refractivity (Wildman–Crippen MR) is 201 cm³/mol. The second-order valence-electron chi connectivity index (χ2n) is 15.0. The minimum Gasteiger partial charge on any atom is -0.457 e. The summed E-state index contributed by atoms with van der Waals surface area (Å²) < 4.78 is 11.0. The molecule has 0 spiro atoms. The van der Waals surface area contributed by atoms with Gasteiger partial charge in [0.2, 0.25) is 0 Å². The summed E-state index contributed by atoms with van der Waals surface area (Å²) in [6.45, 7) is 15.3. The van der Waals surface area contributed by atoms with Crippen LogP contribution in [0.1, 0.15) is 64.1 Å². The molecule has 248 valence electrons. The number of fused-ring (bicyclic) bond motifs is 3. The number of rotatable bonds is 7. The van der Waals surface area contributed by atoms with Crippen LogP contribution in [-0.2, 0) is 17.3 Å². The number of aliphatic hydroxyl groups excluding tert-OH is 1. The zero-order chi connectivity index (χ0) is 34.5. The van der Waals surface area contributed by atoms with Gasteiger partial charge in [-0.2, -0.15) is 5.10 Å². The summed E-state index contributed by atoms with van der Waals surface area (Å²) in [5, 5.41) is 17.9. The molecular formula is C43H44N4O2. The number of aryl methyl sites for hydroxylation is 1. The standard InChI is InChI=1S/C43H44N4O2/c1-28-19-21-44-39(23-28)46-36-16-12-11-15-34(36)35-18-17-32(27-38(35)46)49-33-25-30(42(2,3)4)24-31(26-33)47-37(20-22-48)40(29-13-9-8-10-14-29)41(45-47)43(5,6)7/h8-19,21,23-27,48H,20,22H2,1-7H3. The molecule has 0 amide bonds. The topological polar surface area (TPSA) is 65.1 Å². The van der Waals surface area contributed by atoms with Crippen LogP contribution in [0.2, 0.25) is 0 Å². The SMILES string of the molecule is Cc1ccnc(-n2c3ccccc3c3ccc(Oc4cc(-n5nc(C(C)(C)C)c(-c6ccccc6)c5CCO)cc(C(C)(C)C)c4)cc32)c1. The molecule has 7 aromatic rings. The highest BCUT2D eigenvalue weighted by atomic mass is 16.5. The molecule has 0 saturated heterocycles. The molecule has 3 heterocycles. The number of nitrogens with zero attached hydrogens (tertiary/aromatic N) is 4. The lowest BCUT2D eigenvalue weighted by molar-refractivity contribution is 0.297. The number of aromatic nitrogens is 4. The Morgan fingerprint density at radius 3 is 2.16 bits per heavy atom. The fourth-order valence-corrected chi connectivity index (χ4v) is 6.67. The van der Waals surface area contributed by atoms with Crippen LogP contribution in [0.5, 0.6) is 11.5 Å². The van der Waals surface area contributed by atoms with Gasteiger partial charge < -0.3 is 9.84 Å².